The minimum absolute atomic E-state index is 0.200. The summed E-state index contributed by atoms with van der Waals surface area (Å²) in [4.78, 5) is 2.45. The van der Waals surface area contributed by atoms with Gasteiger partial charge in [-0.05, 0) is 18.4 Å². The van der Waals surface area contributed by atoms with Gasteiger partial charge in [0.05, 0.1) is 19.8 Å². The number of ether oxygens (including phenoxy) is 2. The van der Waals surface area contributed by atoms with Gasteiger partial charge in [-0.2, -0.15) is 0 Å². The number of hydrogen-bond acceptors (Lipinski definition) is 4. The Morgan fingerprint density at radius 2 is 1.94 bits per heavy atom. The summed E-state index contributed by atoms with van der Waals surface area (Å²) in [5.41, 5.74) is 6.15. The number of likely N-dealkylation sites (tertiary alicyclic amines) is 1. The minimum atomic E-state index is -0.336. The van der Waals surface area contributed by atoms with Crippen molar-refractivity contribution in [2.45, 2.75) is 45.4 Å². The molecule has 100 valence electrons. The average Bonchev–Trinajstić information content (AvgIpc) is 2.65. The highest BCUT2D eigenvalue weighted by Crippen LogP contribution is 2.34. The normalized spacial score (nSPS) is 27.5. The van der Waals surface area contributed by atoms with Gasteiger partial charge in [0.2, 0.25) is 0 Å². The monoisotopic (exact) mass is 242 g/mol. The summed E-state index contributed by atoms with van der Waals surface area (Å²) in [7, 11) is 0. The highest BCUT2D eigenvalue weighted by Gasteiger charge is 2.43. The van der Waals surface area contributed by atoms with Crippen molar-refractivity contribution in [3.63, 3.8) is 0 Å². The molecule has 1 spiro atoms. The van der Waals surface area contributed by atoms with Gasteiger partial charge in [-0.1, -0.05) is 20.8 Å². The van der Waals surface area contributed by atoms with Crippen LogP contribution in [0.5, 0.6) is 0 Å². The molecule has 0 amide bonds. The molecular formula is C13H26N2O2. The fourth-order valence-corrected chi connectivity index (χ4v) is 3.07. The molecule has 1 unspecified atom stereocenters. The Morgan fingerprint density at radius 1 is 1.29 bits per heavy atom. The van der Waals surface area contributed by atoms with Crippen LogP contribution in [-0.2, 0) is 9.47 Å². The Kier molecular flexibility index (Phi) is 3.78. The number of nitrogens with two attached hydrogens (primary N) is 1. The van der Waals surface area contributed by atoms with Crippen LogP contribution in [0.25, 0.3) is 0 Å². The average molecular weight is 242 g/mol. The van der Waals surface area contributed by atoms with Crippen molar-refractivity contribution in [2.75, 3.05) is 32.8 Å². The zero-order valence-corrected chi connectivity index (χ0v) is 11.4. The maximum Gasteiger partial charge on any atom is 0.181 e. The molecule has 0 bridgehead atoms. The molecule has 0 aromatic rings. The number of rotatable bonds is 2. The first-order valence-electron chi connectivity index (χ1n) is 6.69. The first-order chi connectivity index (χ1) is 7.97. The van der Waals surface area contributed by atoms with Gasteiger partial charge in [-0.3, -0.25) is 4.90 Å². The third kappa shape index (κ3) is 2.81. The fraction of sp³-hybridized carbons (Fsp3) is 1.00. The van der Waals surface area contributed by atoms with E-state index in [1.165, 1.54) is 0 Å². The number of nitrogens with zero attached hydrogens (tertiary/aromatic N) is 1. The van der Waals surface area contributed by atoms with Crippen LogP contribution >= 0.6 is 0 Å². The van der Waals surface area contributed by atoms with E-state index >= 15 is 0 Å². The lowest BCUT2D eigenvalue weighted by Crippen LogP contribution is -2.57. The van der Waals surface area contributed by atoms with E-state index in [1.54, 1.807) is 0 Å². The van der Waals surface area contributed by atoms with Crippen LogP contribution in [-0.4, -0.2) is 49.6 Å². The van der Waals surface area contributed by atoms with Crippen LogP contribution in [0.3, 0.4) is 0 Å². The van der Waals surface area contributed by atoms with E-state index in [1.807, 2.05) is 0 Å². The first-order valence-corrected chi connectivity index (χ1v) is 6.69. The van der Waals surface area contributed by atoms with E-state index in [9.17, 15) is 0 Å². The Bertz CT molecular complexity index is 257. The van der Waals surface area contributed by atoms with E-state index in [0.29, 0.717) is 12.6 Å². The van der Waals surface area contributed by atoms with Crippen molar-refractivity contribution in [1.29, 1.82) is 0 Å². The smallest absolute Gasteiger partial charge is 0.181 e. The second-order valence-corrected chi connectivity index (χ2v) is 6.30. The summed E-state index contributed by atoms with van der Waals surface area (Å²) in [5, 5.41) is 0. The molecule has 0 aliphatic carbocycles. The summed E-state index contributed by atoms with van der Waals surface area (Å²) >= 11 is 0. The Hall–Kier alpha value is -0.160. The third-order valence-corrected chi connectivity index (χ3v) is 3.92. The Balaban J connectivity index is 2.05. The SMILES string of the molecule is CC(C)(C)C(CN)N1CCCC2(C1)OCCO2. The van der Waals surface area contributed by atoms with Crippen LogP contribution in [0.4, 0.5) is 0 Å². The van der Waals surface area contributed by atoms with Crippen LogP contribution < -0.4 is 5.73 Å². The Morgan fingerprint density at radius 3 is 2.47 bits per heavy atom. The van der Waals surface area contributed by atoms with Crippen molar-refractivity contribution >= 4 is 0 Å². The predicted octanol–water partition coefficient (Wildman–Crippen LogP) is 1.20. The highest BCUT2D eigenvalue weighted by molar-refractivity contribution is 4.91. The van der Waals surface area contributed by atoms with E-state index < -0.39 is 0 Å². The van der Waals surface area contributed by atoms with Crippen LogP contribution in [0.15, 0.2) is 0 Å². The van der Waals surface area contributed by atoms with Gasteiger partial charge >= 0.3 is 0 Å². The standard InChI is InChI=1S/C13H26N2O2/c1-12(2,3)11(9-14)15-6-4-5-13(10-15)16-7-8-17-13/h11H,4-10,14H2,1-3H3. The Labute approximate surface area is 104 Å². The van der Waals surface area contributed by atoms with E-state index in [-0.39, 0.29) is 11.2 Å². The topological polar surface area (TPSA) is 47.7 Å². The molecule has 2 rings (SSSR count). The minimum Gasteiger partial charge on any atom is -0.346 e. The van der Waals surface area contributed by atoms with Crippen molar-refractivity contribution in [1.82, 2.24) is 4.90 Å². The summed E-state index contributed by atoms with van der Waals surface area (Å²) in [6, 6.07) is 0.396. The molecule has 2 aliphatic heterocycles. The number of hydrogen-bond donors (Lipinski definition) is 1. The van der Waals surface area contributed by atoms with Gasteiger partial charge in [-0.15, -0.1) is 0 Å². The molecule has 0 aromatic heterocycles. The zero-order chi connectivity index (χ0) is 12.5. The van der Waals surface area contributed by atoms with Crippen molar-refractivity contribution < 1.29 is 9.47 Å². The largest absolute Gasteiger partial charge is 0.346 e. The van der Waals surface area contributed by atoms with Crippen LogP contribution in [0, 0.1) is 5.41 Å². The highest BCUT2D eigenvalue weighted by atomic mass is 16.7. The van der Waals surface area contributed by atoms with Gasteiger partial charge in [0, 0.05) is 19.0 Å². The molecule has 17 heavy (non-hydrogen) atoms. The molecule has 1 atom stereocenters. The molecular weight excluding hydrogens is 216 g/mol. The summed E-state index contributed by atoms with van der Waals surface area (Å²) in [6.07, 6.45) is 2.15. The molecule has 2 aliphatic rings. The van der Waals surface area contributed by atoms with Crippen LogP contribution in [0.1, 0.15) is 33.6 Å². The lowest BCUT2D eigenvalue weighted by molar-refractivity contribution is -0.197. The van der Waals surface area contributed by atoms with Gasteiger partial charge in [0.25, 0.3) is 0 Å². The molecule has 2 heterocycles. The molecule has 2 saturated heterocycles. The van der Waals surface area contributed by atoms with Crippen LogP contribution in [0.2, 0.25) is 0 Å². The maximum absolute atomic E-state index is 5.95. The predicted molar refractivity (Wildman–Crippen MR) is 67.7 cm³/mol. The fourth-order valence-electron chi connectivity index (χ4n) is 3.07. The van der Waals surface area contributed by atoms with Gasteiger partial charge in [-0.25, -0.2) is 0 Å². The molecule has 4 heteroatoms. The molecule has 2 N–H and O–H groups in total. The van der Waals surface area contributed by atoms with E-state index in [0.717, 1.165) is 39.1 Å². The third-order valence-electron chi connectivity index (χ3n) is 3.92. The number of piperidine rings is 1. The van der Waals surface area contributed by atoms with E-state index in [4.69, 9.17) is 15.2 Å². The summed E-state index contributed by atoms with van der Waals surface area (Å²) in [5.74, 6) is -0.336. The molecule has 2 fully saturated rings. The lowest BCUT2D eigenvalue weighted by atomic mass is 9.84. The van der Waals surface area contributed by atoms with Gasteiger partial charge in [0.1, 0.15) is 0 Å². The zero-order valence-electron chi connectivity index (χ0n) is 11.4. The maximum atomic E-state index is 5.95. The molecule has 0 radical (unpaired) electrons. The van der Waals surface area contributed by atoms with Gasteiger partial charge < -0.3 is 15.2 Å². The van der Waals surface area contributed by atoms with Crippen molar-refractivity contribution in [2.24, 2.45) is 11.1 Å². The summed E-state index contributed by atoms with van der Waals surface area (Å²) in [6.45, 7) is 10.9. The van der Waals surface area contributed by atoms with E-state index in [2.05, 4.69) is 25.7 Å². The molecule has 0 saturated carbocycles. The first kappa shape index (κ1) is 13.3. The molecule has 0 aromatic carbocycles. The quantitative estimate of drug-likeness (QED) is 0.790. The van der Waals surface area contributed by atoms with Crippen molar-refractivity contribution in [3.05, 3.63) is 0 Å². The van der Waals surface area contributed by atoms with Crippen molar-refractivity contribution in [3.8, 4) is 0 Å². The second kappa shape index (κ2) is 4.84. The molecule has 4 nitrogen and oxygen atoms in total. The second-order valence-electron chi connectivity index (χ2n) is 6.30. The lowest BCUT2D eigenvalue weighted by Gasteiger charge is -2.46. The summed E-state index contributed by atoms with van der Waals surface area (Å²) < 4.78 is 11.6. The van der Waals surface area contributed by atoms with Gasteiger partial charge in [0.15, 0.2) is 5.79 Å².